The zero-order chi connectivity index (χ0) is 13.1. The Morgan fingerprint density at radius 3 is 2.78 bits per heavy atom. The van der Waals surface area contributed by atoms with Gasteiger partial charge in [0.2, 0.25) is 0 Å². The van der Waals surface area contributed by atoms with E-state index in [9.17, 15) is 9.18 Å². The topological polar surface area (TPSA) is 46.5 Å². The standard InChI is InChI=1S/C14H17FO3/c1-2-18-10-5-6-11(13(15)7-10)12(8-14(16)17)9-3-4-9/h5-7,9,12H,2-4,8H2,1H3,(H,16,17). The molecule has 0 amide bonds. The zero-order valence-electron chi connectivity index (χ0n) is 10.4. The van der Waals surface area contributed by atoms with Gasteiger partial charge in [-0.1, -0.05) is 6.07 Å². The van der Waals surface area contributed by atoms with Crippen LogP contribution in [0.15, 0.2) is 18.2 Å². The van der Waals surface area contributed by atoms with Gasteiger partial charge < -0.3 is 9.84 Å². The molecule has 3 nitrogen and oxygen atoms in total. The van der Waals surface area contributed by atoms with Crippen LogP contribution in [0.4, 0.5) is 4.39 Å². The molecule has 18 heavy (non-hydrogen) atoms. The van der Waals surface area contributed by atoms with Gasteiger partial charge in [-0.05, 0) is 37.3 Å². The summed E-state index contributed by atoms with van der Waals surface area (Å²) in [5.41, 5.74) is 0.503. The van der Waals surface area contributed by atoms with E-state index in [0.717, 1.165) is 12.8 Å². The van der Waals surface area contributed by atoms with Crippen molar-refractivity contribution in [1.29, 1.82) is 0 Å². The number of ether oxygens (including phenoxy) is 1. The Labute approximate surface area is 106 Å². The Kier molecular flexibility index (Phi) is 3.84. The van der Waals surface area contributed by atoms with E-state index in [0.29, 0.717) is 23.8 Å². The Balaban J connectivity index is 2.21. The highest BCUT2D eigenvalue weighted by Crippen LogP contribution is 2.45. The molecule has 0 aromatic heterocycles. The Morgan fingerprint density at radius 2 is 2.28 bits per heavy atom. The van der Waals surface area contributed by atoms with Gasteiger partial charge in [-0.2, -0.15) is 0 Å². The van der Waals surface area contributed by atoms with E-state index in [-0.39, 0.29) is 18.2 Å². The van der Waals surface area contributed by atoms with Crippen LogP contribution < -0.4 is 4.74 Å². The maximum absolute atomic E-state index is 14.0. The summed E-state index contributed by atoms with van der Waals surface area (Å²) in [5.74, 6) is -0.644. The molecule has 0 saturated heterocycles. The van der Waals surface area contributed by atoms with Crippen LogP contribution in [-0.4, -0.2) is 17.7 Å². The lowest BCUT2D eigenvalue weighted by Crippen LogP contribution is -2.10. The first-order chi connectivity index (χ1) is 8.61. The third-order valence-corrected chi connectivity index (χ3v) is 3.27. The van der Waals surface area contributed by atoms with Gasteiger partial charge in [0.05, 0.1) is 13.0 Å². The molecule has 2 rings (SSSR count). The summed E-state index contributed by atoms with van der Waals surface area (Å²) in [7, 11) is 0. The van der Waals surface area contributed by atoms with Crippen molar-refractivity contribution in [3.63, 3.8) is 0 Å². The summed E-state index contributed by atoms with van der Waals surface area (Å²) in [6.07, 6.45) is 1.98. The van der Waals surface area contributed by atoms with E-state index >= 15 is 0 Å². The molecular weight excluding hydrogens is 235 g/mol. The van der Waals surface area contributed by atoms with Gasteiger partial charge in [-0.15, -0.1) is 0 Å². The number of aliphatic carboxylic acids is 1. The minimum atomic E-state index is -0.875. The van der Waals surface area contributed by atoms with Crippen molar-refractivity contribution in [3.8, 4) is 5.75 Å². The molecule has 1 N–H and O–H groups in total. The highest BCUT2D eigenvalue weighted by molar-refractivity contribution is 5.68. The van der Waals surface area contributed by atoms with Gasteiger partial charge in [0.15, 0.2) is 0 Å². The van der Waals surface area contributed by atoms with E-state index in [1.165, 1.54) is 6.07 Å². The minimum Gasteiger partial charge on any atom is -0.494 e. The number of carboxylic acids is 1. The maximum Gasteiger partial charge on any atom is 0.303 e. The Hall–Kier alpha value is -1.58. The van der Waals surface area contributed by atoms with E-state index in [1.54, 1.807) is 12.1 Å². The number of hydrogen-bond acceptors (Lipinski definition) is 2. The van der Waals surface area contributed by atoms with Gasteiger partial charge >= 0.3 is 5.97 Å². The average molecular weight is 252 g/mol. The summed E-state index contributed by atoms with van der Waals surface area (Å²) in [6, 6.07) is 4.71. The molecule has 1 aliphatic rings. The van der Waals surface area contributed by atoms with Crippen molar-refractivity contribution in [2.45, 2.75) is 32.1 Å². The number of carboxylic acid groups (broad SMARTS) is 1. The van der Waals surface area contributed by atoms with Crippen LogP contribution >= 0.6 is 0 Å². The van der Waals surface area contributed by atoms with E-state index in [2.05, 4.69) is 0 Å². The van der Waals surface area contributed by atoms with Crippen molar-refractivity contribution in [1.82, 2.24) is 0 Å². The van der Waals surface area contributed by atoms with Crippen LogP contribution in [0, 0.1) is 11.7 Å². The molecule has 1 saturated carbocycles. The molecule has 1 fully saturated rings. The van der Waals surface area contributed by atoms with Crippen LogP contribution in [0.3, 0.4) is 0 Å². The molecule has 0 radical (unpaired) electrons. The van der Waals surface area contributed by atoms with Gasteiger partial charge in [0.25, 0.3) is 0 Å². The van der Waals surface area contributed by atoms with Crippen molar-refractivity contribution >= 4 is 5.97 Å². The van der Waals surface area contributed by atoms with Crippen molar-refractivity contribution in [3.05, 3.63) is 29.6 Å². The molecular formula is C14H17FO3. The average Bonchev–Trinajstić information content (AvgIpc) is 3.10. The molecule has 0 heterocycles. The number of halogens is 1. The molecule has 4 heteroatoms. The van der Waals surface area contributed by atoms with Crippen LogP contribution in [-0.2, 0) is 4.79 Å². The zero-order valence-corrected chi connectivity index (χ0v) is 10.4. The first-order valence-corrected chi connectivity index (χ1v) is 6.25. The lowest BCUT2D eigenvalue weighted by molar-refractivity contribution is -0.137. The molecule has 0 spiro atoms. The molecule has 1 atom stereocenters. The molecule has 1 aliphatic carbocycles. The molecule has 1 unspecified atom stereocenters. The highest BCUT2D eigenvalue weighted by Gasteiger charge is 2.35. The normalized spacial score (nSPS) is 16.3. The van der Waals surface area contributed by atoms with Gasteiger partial charge in [0, 0.05) is 12.0 Å². The lowest BCUT2D eigenvalue weighted by atomic mass is 9.90. The maximum atomic E-state index is 14.0. The molecule has 0 bridgehead atoms. The third-order valence-electron chi connectivity index (χ3n) is 3.27. The van der Waals surface area contributed by atoms with E-state index in [1.807, 2.05) is 6.92 Å². The predicted molar refractivity (Wildman–Crippen MR) is 65.3 cm³/mol. The Morgan fingerprint density at radius 1 is 1.56 bits per heavy atom. The first-order valence-electron chi connectivity index (χ1n) is 6.25. The second kappa shape index (κ2) is 5.38. The van der Waals surface area contributed by atoms with E-state index < -0.39 is 5.97 Å². The third kappa shape index (κ3) is 3.00. The number of benzene rings is 1. The predicted octanol–water partition coefficient (Wildman–Crippen LogP) is 3.19. The van der Waals surface area contributed by atoms with Gasteiger partial charge in [-0.25, -0.2) is 4.39 Å². The van der Waals surface area contributed by atoms with Crippen molar-refractivity contribution in [2.75, 3.05) is 6.61 Å². The molecule has 0 aliphatic heterocycles. The highest BCUT2D eigenvalue weighted by atomic mass is 19.1. The lowest BCUT2D eigenvalue weighted by Gasteiger charge is -2.16. The smallest absolute Gasteiger partial charge is 0.303 e. The summed E-state index contributed by atoms with van der Waals surface area (Å²) in [6.45, 7) is 2.32. The molecule has 1 aromatic carbocycles. The summed E-state index contributed by atoms with van der Waals surface area (Å²) >= 11 is 0. The minimum absolute atomic E-state index is 0.00440. The van der Waals surface area contributed by atoms with Crippen LogP contribution in [0.2, 0.25) is 0 Å². The summed E-state index contributed by atoms with van der Waals surface area (Å²) < 4.78 is 19.2. The molecule has 1 aromatic rings. The van der Waals surface area contributed by atoms with Crippen LogP contribution in [0.5, 0.6) is 5.75 Å². The quantitative estimate of drug-likeness (QED) is 0.845. The largest absolute Gasteiger partial charge is 0.494 e. The fraction of sp³-hybridized carbons (Fsp3) is 0.500. The number of carbonyl (C=O) groups is 1. The summed E-state index contributed by atoms with van der Waals surface area (Å²) in [5, 5.41) is 8.90. The van der Waals surface area contributed by atoms with Crippen molar-refractivity contribution < 1.29 is 19.0 Å². The SMILES string of the molecule is CCOc1ccc(C(CC(=O)O)C2CC2)c(F)c1. The van der Waals surface area contributed by atoms with Crippen LogP contribution in [0.1, 0.15) is 37.7 Å². The fourth-order valence-corrected chi connectivity index (χ4v) is 2.28. The fourth-order valence-electron chi connectivity index (χ4n) is 2.28. The molecule has 98 valence electrons. The van der Waals surface area contributed by atoms with Crippen molar-refractivity contribution in [2.24, 2.45) is 5.92 Å². The number of hydrogen-bond donors (Lipinski definition) is 1. The van der Waals surface area contributed by atoms with Crippen LogP contribution in [0.25, 0.3) is 0 Å². The summed E-state index contributed by atoms with van der Waals surface area (Å²) in [4.78, 5) is 10.8. The van der Waals surface area contributed by atoms with Gasteiger partial charge in [-0.3, -0.25) is 4.79 Å². The first kappa shape index (κ1) is 12.9. The Bertz CT molecular complexity index is 441. The van der Waals surface area contributed by atoms with Gasteiger partial charge in [0.1, 0.15) is 11.6 Å². The number of rotatable bonds is 6. The monoisotopic (exact) mass is 252 g/mol. The van der Waals surface area contributed by atoms with E-state index in [4.69, 9.17) is 9.84 Å². The second-order valence-electron chi connectivity index (χ2n) is 4.66. The second-order valence-corrected chi connectivity index (χ2v) is 4.66.